The first-order chi connectivity index (χ1) is 12.4. The molecule has 0 unspecified atom stereocenters. The smallest absolute Gasteiger partial charge is 0.333 e. The zero-order valence-corrected chi connectivity index (χ0v) is 13.7. The van der Waals surface area contributed by atoms with Crippen LogP contribution in [0.15, 0.2) is 30.5 Å². The van der Waals surface area contributed by atoms with E-state index < -0.39 is 49.4 Å². The Bertz CT molecular complexity index is 760. The van der Waals surface area contributed by atoms with Crippen molar-refractivity contribution in [1.29, 1.82) is 0 Å². The Morgan fingerprint density at radius 1 is 1.19 bits per heavy atom. The van der Waals surface area contributed by atoms with E-state index in [0.29, 0.717) is 5.56 Å². The molecule has 1 aromatic carbocycles. The summed E-state index contributed by atoms with van der Waals surface area (Å²) in [6, 6.07) is 7.37. The monoisotopic (exact) mass is 367 g/mol. The first-order valence-electron chi connectivity index (χ1n) is 8.16. The molecule has 0 spiro atoms. The van der Waals surface area contributed by atoms with E-state index in [-0.39, 0.29) is 6.42 Å². The highest BCUT2D eigenvalue weighted by Crippen LogP contribution is 2.25. The summed E-state index contributed by atoms with van der Waals surface area (Å²) in [5.41, 5.74) is 1.55. The number of benzene rings is 1. The van der Waals surface area contributed by atoms with Crippen LogP contribution in [0.25, 0.3) is 10.9 Å². The van der Waals surface area contributed by atoms with Gasteiger partial charge in [0.25, 0.3) is 0 Å². The van der Waals surface area contributed by atoms with Gasteiger partial charge in [-0.1, -0.05) is 18.2 Å². The third-order valence-corrected chi connectivity index (χ3v) is 4.50. The van der Waals surface area contributed by atoms with E-state index in [1.807, 2.05) is 24.3 Å². The number of fused-ring (bicyclic) bond motifs is 1. The molecule has 1 aliphatic heterocycles. The van der Waals surface area contributed by atoms with Crippen molar-refractivity contribution in [2.24, 2.45) is 0 Å². The van der Waals surface area contributed by atoms with E-state index in [1.165, 1.54) is 0 Å². The summed E-state index contributed by atoms with van der Waals surface area (Å²) in [7, 11) is 0. The lowest BCUT2D eigenvalue weighted by Crippen LogP contribution is -2.60. The standard InChI is InChI=1S/C17H21NO8/c19-7-12-13(20)14(21)15(22)17(26-12)25-11(16(23)24)5-8-6-18-10-4-2-1-3-9(8)10/h1-4,6,11-15,17-22H,5,7H2,(H,23,24)/t11-,12+,13+,14-,15+,17+/m0/s1. The number of aliphatic hydroxyl groups is 4. The van der Waals surface area contributed by atoms with Gasteiger partial charge >= 0.3 is 5.97 Å². The van der Waals surface area contributed by atoms with Gasteiger partial charge in [0.2, 0.25) is 0 Å². The van der Waals surface area contributed by atoms with Gasteiger partial charge in [-0.2, -0.15) is 0 Å². The molecular weight excluding hydrogens is 346 g/mol. The summed E-state index contributed by atoms with van der Waals surface area (Å²) in [6.07, 6.45) is -7.18. The van der Waals surface area contributed by atoms with Crippen molar-refractivity contribution in [2.75, 3.05) is 6.61 Å². The van der Waals surface area contributed by atoms with Crippen LogP contribution in [-0.4, -0.2) is 79.9 Å². The molecule has 26 heavy (non-hydrogen) atoms. The summed E-state index contributed by atoms with van der Waals surface area (Å²) in [5, 5.41) is 49.1. The van der Waals surface area contributed by atoms with Crippen LogP contribution in [-0.2, 0) is 20.7 Å². The molecule has 1 saturated heterocycles. The van der Waals surface area contributed by atoms with Crippen LogP contribution in [0.1, 0.15) is 5.56 Å². The second-order valence-corrected chi connectivity index (χ2v) is 6.22. The lowest BCUT2D eigenvalue weighted by molar-refractivity contribution is -0.309. The number of carboxylic acids is 1. The van der Waals surface area contributed by atoms with E-state index in [0.717, 1.165) is 10.9 Å². The second kappa shape index (κ2) is 7.70. The molecule has 6 atom stereocenters. The lowest BCUT2D eigenvalue weighted by atomic mass is 9.99. The number of rotatable bonds is 6. The van der Waals surface area contributed by atoms with Crippen LogP contribution in [0.5, 0.6) is 0 Å². The molecule has 0 radical (unpaired) electrons. The van der Waals surface area contributed by atoms with Gasteiger partial charge in [-0.05, 0) is 11.6 Å². The van der Waals surface area contributed by atoms with Crippen molar-refractivity contribution in [2.45, 2.75) is 43.2 Å². The van der Waals surface area contributed by atoms with Crippen LogP contribution in [0, 0.1) is 0 Å². The molecule has 2 heterocycles. The maximum atomic E-state index is 11.6. The average Bonchev–Trinajstić information content (AvgIpc) is 3.04. The Hall–Kier alpha value is -2.01. The van der Waals surface area contributed by atoms with Gasteiger partial charge in [0, 0.05) is 23.5 Å². The number of aromatic amines is 1. The number of hydrogen-bond donors (Lipinski definition) is 6. The van der Waals surface area contributed by atoms with Crippen LogP contribution < -0.4 is 0 Å². The zero-order chi connectivity index (χ0) is 18.8. The second-order valence-electron chi connectivity index (χ2n) is 6.22. The predicted octanol–water partition coefficient (Wildman–Crippen LogP) is -1.02. The van der Waals surface area contributed by atoms with Crippen molar-refractivity contribution < 1.29 is 39.8 Å². The molecular formula is C17H21NO8. The first-order valence-corrected chi connectivity index (χ1v) is 8.16. The van der Waals surface area contributed by atoms with Gasteiger partial charge in [0.1, 0.15) is 24.4 Å². The molecule has 142 valence electrons. The SMILES string of the molecule is O=C(O)[C@H](Cc1c[nH]c2ccccc12)O[C@@H]1O[C@H](CO)[C@@H](O)[C@H](O)[C@H]1O. The highest BCUT2D eigenvalue weighted by Gasteiger charge is 2.45. The fraction of sp³-hybridized carbons (Fsp3) is 0.471. The van der Waals surface area contributed by atoms with Crippen LogP contribution in [0.3, 0.4) is 0 Å². The van der Waals surface area contributed by atoms with Crippen molar-refractivity contribution in [3.63, 3.8) is 0 Å². The highest BCUT2D eigenvalue weighted by atomic mass is 16.7. The Kier molecular flexibility index (Phi) is 5.56. The average molecular weight is 367 g/mol. The number of H-pyrrole nitrogens is 1. The zero-order valence-electron chi connectivity index (χ0n) is 13.7. The third-order valence-electron chi connectivity index (χ3n) is 4.50. The summed E-state index contributed by atoms with van der Waals surface area (Å²) in [6.45, 7) is -0.620. The molecule has 0 bridgehead atoms. The van der Waals surface area contributed by atoms with Gasteiger partial charge in [0.05, 0.1) is 6.61 Å². The lowest BCUT2D eigenvalue weighted by Gasteiger charge is -2.40. The number of aliphatic hydroxyl groups excluding tert-OH is 4. The molecule has 1 aliphatic rings. The van der Waals surface area contributed by atoms with Crippen molar-refractivity contribution >= 4 is 16.9 Å². The number of aromatic nitrogens is 1. The van der Waals surface area contributed by atoms with Gasteiger partial charge in [-0.25, -0.2) is 4.79 Å². The van der Waals surface area contributed by atoms with Gasteiger partial charge in [0.15, 0.2) is 12.4 Å². The quantitative estimate of drug-likeness (QED) is 0.379. The summed E-state index contributed by atoms with van der Waals surface area (Å²) in [4.78, 5) is 14.6. The number of nitrogens with one attached hydrogen (secondary N) is 1. The summed E-state index contributed by atoms with van der Waals surface area (Å²) >= 11 is 0. The van der Waals surface area contributed by atoms with Crippen molar-refractivity contribution in [1.82, 2.24) is 4.98 Å². The van der Waals surface area contributed by atoms with Crippen molar-refractivity contribution in [3.05, 3.63) is 36.0 Å². The number of hydrogen-bond acceptors (Lipinski definition) is 7. The fourth-order valence-corrected chi connectivity index (χ4v) is 3.04. The molecule has 0 aliphatic carbocycles. The molecule has 0 amide bonds. The number of para-hydroxylation sites is 1. The summed E-state index contributed by atoms with van der Waals surface area (Å²) in [5.74, 6) is -1.27. The van der Waals surface area contributed by atoms with E-state index in [2.05, 4.69) is 4.98 Å². The molecule has 3 rings (SSSR count). The fourth-order valence-electron chi connectivity index (χ4n) is 3.04. The van der Waals surface area contributed by atoms with E-state index in [9.17, 15) is 30.3 Å². The van der Waals surface area contributed by atoms with Crippen LogP contribution in [0.2, 0.25) is 0 Å². The van der Waals surface area contributed by atoms with E-state index in [1.54, 1.807) is 6.20 Å². The summed E-state index contributed by atoms with van der Waals surface area (Å²) < 4.78 is 10.6. The van der Waals surface area contributed by atoms with Crippen LogP contribution >= 0.6 is 0 Å². The topological polar surface area (TPSA) is 152 Å². The number of carbonyl (C=O) groups is 1. The first kappa shape index (κ1) is 18.8. The number of aliphatic carboxylic acids is 1. The van der Waals surface area contributed by atoms with E-state index in [4.69, 9.17) is 9.47 Å². The highest BCUT2D eigenvalue weighted by molar-refractivity contribution is 5.84. The Morgan fingerprint density at radius 3 is 2.62 bits per heavy atom. The maximum Gasteiger partial charge on any atom is 0.333 e. The van der Waals surface area contributed by atoms with Crippen LogP contribution in [0.4, 0.5) is 0 Å². The van der Waals surface area contributed by atoms with Gasteiger partial charge in [-0.3, -0.25) is 0 Å². The molecule has 1 aromatic heterocycles. The molecule has 1 fully saturated rings. The number of carboxylic acid groups (broad SMARTS) is 1. The molecule has 6 N–H and O–H groups in total. The molecule has 0 saturated carbocycles. The predicted molar refractivity (Wildman–Crippen MR) is 88.3 cm³/mol. The molecule has 2 aromatic rings. The Morgan fingerprint density at radius 2 is 1.92 bits per heavy atom. The maximum absolute atomic E-state index is 11.6. The normalized spacial score (nSPS) is 30.4. The minimum Gasteiger partial charge on any atom is -0.479 e. The Labute approximate surface area is 148 Å². The molecule has 9 nitrogen and oxygen atoms in total. The Balaban J connectivity index is 1.77. The largest absolute Gasteiger partial charge is 0.479 e. The minimum atomic E-state index is -1.65. The molecule has 9 heteroatoms. The third kappa shape index (κ3) is 3.58. The minimum absolute atomic E-state index is 0.00559. The van der Waals surface area contributed by atoms with Gasteiger partial charge in [-0.15, -0.1) is 0 Å². The van der Waals surface area contributed by atoms with E-state index >= 15 is 0 Å². The van der Waals surface area contributed by atoms with Crippen molar-refractivity contribution in [3.8, 4) is 0 Å². The van der Waals surface area contributed by atoms with Gasteiger partial charge < -0.3 is 40.0 Å². The number of ether oxygens (including phenoxy) is 2.